The maximum Gasteiger partial charge on any atom is 0.410 e. The molecule has 0 bridgehead atoms. The van der Waals surface area contributed by atoms with Gasteiger partial charge in [0.25, 0.3) is 0 Å². The van der Waals surface area contributed by atoms with Crippen LogP contribution in [0.5, 0.6) is 0 Å². The third-order valence-electron chi connectivity index (χ3n) is 4.96. The summed E-state index contributed by atoms with van der Waals surface area (Å²) in [6.45, 7) is 5.68. The molecule has 1 aromatic carbocycles. The fourth-order valence-electron chi connectivity index (χ4n) is 3.43. The molecule has 1 aliphatic rings. The van der Waals surface area contributed by atoms with Crippen LogP contribution in [0.2, 0.25) is 5.02 Å². The number of hydrogen-bond donors (Lipinski definition) is 1. The fraction of sp³-hybridized carbons (Fsp3) is 0.429. The molecule has 8 nitrogen and oxygen atoms in total. The van der Waals surface area contributed by atoms with E-state index in [2.05, 4.69) is 36.3 Å². The van der Waals surface area contributed by atoms with Crippen LogP contribution in [0.25, 0.3) is 16.9 Å². The van der Waals surface area contributed by atoms with Crippen LogP contribution in [-0.4, -0.2) is 61.5 Å². The molecule has 2 aromatic heterocycles. The first kappa shape index (κ1) is 22.7. The minimum absolute atomic E-state index is 0.0541. The Kier molecular flexibility index (Phi) is 6.26. The number of halogens is 3. The van der Waals surface area contributed by atoms with Gasteiger partial charge in [0.15, 0.2) is 5.82 Å². The van der Waals surface area contributed by atoms with Gasteiger partial charge in [0, 0.05) is 17.1 Å². The lowest BCUT2D eigenvalue weighted by Crippen LogP contribution is -2.51. The Morgan fingerprint density at radius 2 is 2.03 bits per heavy atom. The number of amides is 1. The number of piperidine rings is 1. The van der Waals surface area contributed by atoms with Gasteiger partial charge in [0.1, 0.15) is 21.9 Å². The summed E-state index contributed by atoms with van der Waals surface area (Å²) in [5, 5.41) is 8.21. The molecule has 1 saturated heterocycles. The predicted octanol–water partition coefficient (Wildman–Crippen LogP) is 4.97. The maximum absolute atomic E-state index is 14.9. The van der Waals surface area contributed by atoms with E-state index < -0.39 is 23.9 Å². The number of carbonyl (C=O) groups excluding carboxylic acids is 1. The number of nitrogens with one attached hydrogen (secondary N) is 1. The van der Waals surface area contributed by atoms with Crippen molar-refractivity contribution in [1.29, 1.82) is 0 Å². The molecule has 32 heavy (non-hydrogen) atoms. The highest BCUT2D eigenvalue weighted by atomic mass is 79.9. The number of rotatable bonds is 3. The van der Waals surface area contributed by atoms with Crippen molar-refractivity contribution in [2.75, 3.05) is 18.4 Å². The molecular formula is C21H23BrClFN6O2. The molecule has 11 heteroatoms. The maximum atomic E-state index is 14.9. The molecule has 1 N–H and O–H groups in total. The quantitative estimate of drug-likeness (QED) is 0.520. The van der Waals surface area contributed by atoms with Crippen molar-refractivity contribution in [2.45, 2.75) is 45.0 Å². The first-order chi connectivity index (χ1) is 15.1. The summed E-state index contributed by atoms with van der Waals surface area (Å²) < 4.78 is 22.5. The molecule has 0 saturated carbocycles. The number of aromatic nitrogens is 4. The van der Waals surface area contributed by atoms with Crippen molar-refractivity contribution in [3.63, 3.8) is 0 Å². The molecular weight excluding hydrogens is 503 g/mol. The second-order valence-corrected chi connectivity index (χ2v) is 9.78. The minimum atomic E-state index is -1.29. The van der Waals surface area contributed by atoms with E-state index in [1.165, 1.54) is 4.90 Å². The summed E-state index contributed by atoms with van der Waals surface area (Å²) in [7, 11) is 0. The number of ether oxygens (including phenoxy) is 1. The van der Waals surface area contributed by atoms with Gasteiger partial charge in [0.2, 0.25) is 5.95 Å². The summed E-state index contributed by atoms with van der Waals surface area (Å²) in [5.41, 5.74) is 0.882. The first-order valence-corrected chi connectivity index (χ1v) is 11.3. The minimum Gasteiger partial charge on any atom is -0.444 e. The number of likely N-dealkylation sites (tertiary alicyclic amines) is 1. The van der Waals surface area contributed by atoms with E-state index in [0.717, 1.165) is 5.56 Å². The number of anilines is 1. The van der Waals surface area contributed by atoms with Crippen molar-refractivity contribution in [3.8, 4) is 11.4 Å². The lowest BCUT2D eigenvalue weighted by molar-refractivity contribution is 0.0125. The molecule has 1 aliphatic heterocycles. The Morgan fingerprint density at radius 1 is 1.31 bits per heavy atom. The van der Waals surface area contributed by atoms with Crippen molar-refractivity contribution >= 4 is 45.1 Å². The average molecular weight is 526 g/mol. The Balaban J connectivity index is 1.51. The summed E-state index contributed by atoms with van der Waals surface area (Å²) in [5.74, 6) is 0.876. The van der Waals surface area contributed by atoms with Crippen LogP contribution >= 0.6 is 27.5 Å². The Bertz CT molecular complexity index is 1130. The molecule has 2 atom stereocenters. The zero-order valence-electron chi connectivity index (χ0n) is 17.8. The Labute approximate surface area is 198 Å². The molecule has 3 heterocycles. The van der Waals surface area contributed by atoms with Crippen LogP contribution in [0.4, 0.5) is 15.1 Å². The molecule has 4 rings (SSSR count). The number of alkyl halides is 1. The van der Waals surface area contributed by atoms with Gasteiger partial charge in [-0.3, -0.25) is 0 Å². The van der Waals surface area contributed by atoms with Crippen LogP contribution in [-0.2, 0) is 4.74 Å². The molecule has 0 aliphatic carbocycles. The van der Waals surface area contributed by atoms with Gasteiger partial charge in [-0.1, -0.05) is 11.6 Å². The van der Waals surface area contributed by atoms with Gasteiger partial charge in [-0.25, -0.2) is 23.7 Å². The SMILES string of the molecule is CC(C)(C)OC(=O)N1CC[C@@H](Nc2ncc3c(Br)nc(-c4ccc(Cl)cc4)n3n2)[C@H](F)C1. The summed E-state index contributed by atoms with van der Waals surface area (Å²) in [4.78, 5) is 22.5. The van der Waals surface area contributed by atoms with Crippen molar-refractivity contribution in [3.05, 3.63) is 40.1 Å². The van der Waals surface area contributed by atoms with Crippen LogP contribution in [0.15, 0.2) is 35.1 Å². The van der Waals surface area contributed by atoms with Gasteiger partial charge in [-0.05, 0) is 67.4 Å². The number of hydrogen-bond acceptors (Lipinski definition) is 6. The highest BCUT2D eigenvalue weighted by Gasteiger charge is 2.34. The fourth-order valence-corrected chi connectivity index (χ4v) is 3.99. The molecule has 1 amide bonds. The van der Waals surface area contributed by atoms with Crippen LogP contribution in [0.3, 0.4) is 0 Å². The highest BCUT2D eigenvalue weighted by Crippen LogP contribution is 2.27. The number of nitrogens with zero attached hydrogens (tertiary/aromatic N) is 5. The monoisotopic (exact) mass is 524 g/mol. The Hall–Kier alpha value is -2.46. The smallest absolute Gasteiger partial charge is 0.410 e. The van der Waals surface area contributed by atoms with Gasteiger partial charge < -0.3 is 15.0 Å². The van der Waals surface area contributed by atoms with E-state index in [-0.39, 0.29) is 12.5 Å². The van der Waals surface area contributed by atoms with Gasteiger partial charge >= 0.3 is 6.09 Å². The van der Waals surface area contributed by atoms with Crippen molar-refractivity contribution in [2.24, 2.45) is 0 Å². The molecule has 1 fully saturated rings. The van der Waals surface area contributed by atoms with E-state index in [9.17, 15) is 9.18 Å². The van der Waals surface area contributed by atoms with Crippen molar-refractivity contribution in [1.82, 2.24) is 24.5 Å². The largest absolute Gasteiger partial charge is 0.444 e. The highest BCUT2D eigenvalue weighted by molar-refractivity contribution is 9.10. The molecule has 3 aromatic rings. The molecule has 170 valence electrons. The van der Waals surface area contributed by atoms with E-state index in [1.807, 2.05) is 12.1 Å². The topological polar surface area (TPSA) is 84.6 Å². The lowest BCUT2D eigenvalue weighted by Gasteiger charge is -2.35. The number of carbonyl (C=O) groups is 1. The number of benzene rings is 1. The number of imidazole rings is 1. The third-order valence-corrected chi connectivity index (χ3v) is 5.79. The molecule has 0 spiro atoms. The van der Waals surface area contributed by atoms with Crippen LogP contribution in [0.1, 0.15) is 27.2 Å². The molecule has 0 radical (unpaired) electrons. The van der Waals surface area contributed by atoms with Gasteiger partial charge in [0.05, 0.1) is 18.8 Å². The van der Waals surface area contributed by atoms with E-state index in [4.69, 9.17) is 16.3 Å². The third kappa shape index (κ3) is 4.96. The summed E-state index contributed by atoms with van der Waals surface area (Å²) in [6, 6.07) is 6.72. The normalized spacial score (nSPS) is 19.2. The second kappa shape index (κ2) is 8.82. The standard InChI is InChI=1S/C21H23BrClFN6O2/c1-21(2,3)32-20(31)29-9-8-15(14(24)11-29)26-19-25-10-16-17(22)27-18(30(16)28-19)12-4-6-13(23)7-5-12/h4-7,10,14-15H,8-9,11H2,1-3H3,(H,26,28)/t14-,15-/m1/s1. The van der Waals surface area contributed by atoms with E-state index in [0.29, 0.717) is 33.9 Å². The van der Waals surface area contributed by atoms with Gasteiger partial charge in [-0.15, -0.1) is 5.10 Å². The molecule has 0 unspecified atom stereocenters. The van der Waals surface area contributed by atoms with E-state index in [1.54, 1.807) is 43.6 Å². The lowest BCUT2D eigenvalue weighted by atomic mass is 10.0. The predicted molar refractivity (Wildman–Crippen MR) is 124 cm³/mol. The second-order valence-electron chi connectivity index (χ2n) is 8.59. The van der Waals surface area contributed by atoms with E-state index >= 15 is 0 Å². The zero-order valence-corrected chi connectivity index (χ0v) is 20.2. The van der Waals surface area contributed by atoms with Crippen LogP contribution < -0.4 is 5.32 Å². The summed E-state index contributed by atoms with van der Waals surface area (Å²) >= 11 is 9.43. The average Bonchev–Trinajstić information content (AvgIpc) is 3.05. The summed E-state index contributed by atoms with van der Waals surface area (Å²) in [6.07, 6.45) is 0.224. The Morgan fingerprint density at radius 3 is 2.69 bits per heavy atom. The first-order valence-electron chi connectivity index (χ1n) is 10.2. The zero-order chi connectivity index (χ0) is 23.0. The van der Waals surface area contributed by atoms with Gasteiger partial charge in [-0.2, -0.15) is 0 Å². The van der Waals surface area contributed by atoms with Crippen molar-refractivity contribution < 1.29 is 13.9 Å². The number of fused-ring (bicyclic) bond motifs is 1. The van der Waals surface area contributed by atoms with Crippen LogP contribution in [0, 0.1) is 0 Å².